The summed E-state index contributed by atoms with van der Waals surface area (Å²) in [6.07, 6.45) is 2.23. The highest BCUT2D eigenvalue weighted by atomic mass is 35.5. The summed E-state index contributed by atoms with van der Waals surface area (Å²) in [6, 6.07) is 15.8. The molecule has 1 aliphatic rings. The topological polar surface area (TPSA) is 78.9 Å². The van der Waals surface area contributed by atoms with E-state index in [9.17, 15) is 0 Å². The lowest BCUT2D eigenvalue weighted by atomic mass is 10.1. The van der Waals surface area contributed by atoms with Crippen molar-refractivity contribution in [2.24, 2.45) is 0 Å². The van der Waals surface area contributed by atoms with Gasteiger partial charge in [0.25, 0.3) is 0 Å². The molecule has 1 fully saturated rings. The summed E-state index contributed by atoms with van der Waals surface area (Å²) in [5, 5.41) is 18.5. The Hall–Kier alpha value is -2.84. The molecule has 0 amide bonds. The molecule has 2 aromatic heterocycles. The Labute approximate surface area is 188 Å². The molecule has 0 spiro atoms. The van der Waals surface area contributed by atoms with E-state index in [2.05, 4.69) is 25.0 Å². The third-order valence-corrected chi connectivity index (χ3v) is 6.17. The number of hydrogen-bond acceptors (Lipinski definition) is 7. The minimum Gasteiger partial charge on any atom is -0.484 e. The highest BCUT2D eigenvalue weighted by Crippen LogP contribution is 2.39. The van der Waals surface area contributed by atoms with E-state index in [0.29, 0.717) is 41.0 Å². The Balaban J connectivity index is 1.27. The van der Waals surface area contributed by atoms with Crippen LogP contribution in [-0.4, -0.2) is 25.0 Å². The summed E-state index contributed by atoms with van der Waals surface area (Å²) in [5.41, 5.74) is 2.10. The first-order valence-corrected chi connectivity index (χ1v) is 11.4. The number of rotatable bonds is 8. The fourth-order valence-electron chi connectivity index (χ4n) is 3.16. The van der Waals surface area contributed by atoms with Crippen molar-refractivity contribution in [2.45, 2.75) is 43.3 Å². The molecule has 2 heterocycles. The van der Waals surface area contributed by atoms with Crippen LogP contribution in [0, 0.1) is 6.92 Å². The van der Waals surface area contributed by atoms with Gasteiger partial charge in [-0.25, -0.2) is 0 Å². The van der Waals surface area contributed by atoms with Crippen molar-refractivity contribution in [3.63, 3.8) is 0 Å². The molecular formula is C22H20ClN5O2S. The van der Waals surface area contributed by atoms with Gasteiger partial charge in [-0.2, -0.15) is 0 Å². The van der Waals surface area contributed by atoms with E-state index in [1.54, 1.807) is 6.07 Å². The third kappa shape index (κ3) is 4.60. The van der Waals surface area contributed by atoms with Crippen LogP contribution in [0.3, 0.4) is 0 Å². The number of aromatic nitrogens is 5. The van der Waals surface area contributed by atoms with E-state index in [1.807, 2.05) is 49.4 Å². The molecule has 1 aliphatic carbocycles. The van der Waals surface area contributed by atoms with Gasteiger partial charge in [0.15, 0.2) is 11.0 Å². The smallest absolute Gasteiger partial charge is 0.247 e. The number of hydrogen-bond donors (Lipinski definition) is 0. The quantitative estimate of drug-likeness (QED) is 0.326. The Morgan fingerprint density at radius 2 is 1.87 bits per heavy atom. The Bertz CT molecular complexity index is 1190. The molecule has 5 rings (SSSR count). The Kier molecular flexibility index (Phi) is 5.65. The van der Waals surface area contributed by atoms with Gasteiger partial charge in [0.2, 0.25) is 11.8 Å². The molecule has 0 unspecified atom stereocenters. The molecule has 0 atom stereocenters. The summed E-state index contributed by atoms with van der Waals surface area (Å²) in [7, 11) is 0. The maximum Gasteiger partial charge on any atom is 0.247 e. The number of thioether (sulfide) groups is 1. The zero-order chi connectivity index (χ0) is 21.2. The van der Waals surface area contributed by atoms with Gasteiger partial charge in [0.05, 0.1) is 10.8 Å². The molecule has 1 saturated carbocycles. The lowest BCUT2D eigenvalue weighted by Gasteiger charge is -2.10. The van der Waals surface area contributed by atoms with Gasteiger partial charge < -0.3 is 9.15 Å². The van der Waals surface area contributed by atoms with E-state index in [0.717, 1.165) is 29.4 Å². The Morgan fingerprint density at radius 1 is 1.06 bits per heavy atom. The molecule has 0 radical (unpaired) electrons. The lowest BCUT2D eigenvalue weighted by molar-refractivity contribution is 0.288. The van der Waals surface area contributed by atoms with Crippen LogP contribution in [0.25, 0.3) is 11.5 Å². The van der Waals surface area contributed by atoms with Gasteiger partial charge >= 0.3 is 0 Å². The monoisotopic (exact) mass is 453 g/mol. The van der Waals surface area contributed by atoms with Crippen molar-refractivity contribution in [1.29, 1.82) is 0 Å². The van der Waals surface area contributed by atoms with Crippen LogP contribution in [0.4, 0.5) is 0 Å². The summed E-state index contributed by atoms with van der Waals surface area (Å²) >= 11 is 7.72. The van der Waals surface area contributed by atoms with Crippen LogP contribution in [0.5, 0.6) is 5.75 Å². The molecular weight excluding hydrogens is 434 g/mol. The van der Waals surface area contributed by atoms with Gasteiger partial charge in [-0.3, -0.25) is 4.57 Å². The number of nitrogens with zero attached hydrogens (tertiary/aromatic N) is 5. The highest BCUT2D eigenvalue weighted by Gasteiger charge is 2.30. The Morgan fingerprint density at radius 3 is 2.65 bits per heavy atom. The van der Waals surface area contributed by atoms with Crippen molar-refractivity contribution in [3.05, 3.63) is 70.8 Å². The minimum absolute atomic E-state index is 0.311. The summed E-state index contributed by atoms with van der Waals surface area (Å²) in [5.74, 6) is 3.02. The second kappa shape index (κ2) is 8.72. The number of para-hydroxylation sites is 1. The van der Waals surface area contributed by atoms with E-state index in [1.165, 1.54) is 17.3 Å². The van der Waals surface area contributed by atoms with Crippen LogP contribution in [0.2, 0.25) is 5.02 Å². The average molecular weight is 454 g/mol. The molecule has 158 valence electrons. The van der Waals surface area contributed by atoms with Gasteiger partial charge in [-0.05, 0) is 44.0 Å². The van der Waals surface area contributed by atoms with Gasteiger partial charge in [-0.1, -0.05) is 53.2 Å². The predicted octanol–water partition coefficient (Wildman–Crippen LogP) is 5.50. The zero-order valence-corrected chi connectivity index (χ0v) is 18.4. The molecule has 0 saturated heterocycles. The first kappa shape index (κ1) is 20.1. The average Bonchev–Trinajstić information content (AvgIpc) is 3.36. The maximum atomic E-state index is 6.19. The van der Waals surface area contributed by atoms with Gasteiger partial charge in [0.1, 0.15) is 12.4 Å². The van der Waals surface area contributed by atoms with E-state index >= 15 is 0 Å². The van der Waals surface area contributed by atoms with Crippen LogP contribution >= 0.6 is 23.4 Å². The first-order chi connectivity index (χ1) is 15.2. The second-order valence-corrected chi connectivity index (χ2v) is 8.72. The fraction of sp³-hybridized carbons (Fsp3) is 0.273. The number of aryl methyl sites for hydroxylation is 1. The first-order valence-electron chi connectivity index (χ1n) is 10.0. The van der Waals surface area contributed by atoms with Gasteiger partial charge in [0, 0.05) is 11.6 Å². The summed E-state index contributed by atoms with van der Waals surface area (Å²) in [4.78, 5) is 0. The van der Waals surface area contributed by atoms with Crippen molar-refractivity contribution < 1.29 is 9.15 Å². The number of benzene rings is 2. The highest BCUT2D eigenvalue weighted by molar-refractivity contribution is 7.98. The van der Waals surface area contributed by atoms with E-state index in [4.69, 9.17) is 20.8 Å². The van der Waals surface area contributed by atoms with E-state index in [-0.39, 0.29) is 0 Å². The molecule has 31 heavy (non-hydrogen) atoms. The third-order valence-electron chi connectivity index (χ3n) is 4.93. The SMILES string of the molecule is Cc1ccc(-c2nnc(CSc3nnc(COc4ccccc4Cl)n3C3CC3)o2)cc1. The van der Waals surface area contributed by atoms with Crippen molar-refractivity contribution >= 4 is 23.4 Å². The van der Waals surface area contributed by atoms with Crippen molar-refractivity contribution in [3.8, 4) is 17.2 Å². The minimum atomic E-state index is 0.311. The lowest BCUT2D eigenvalue weighted by Crippen LogP contribution is -2.07. The number of halogens is 1. The van der Waals surface area contributed by atoms with E-state index < -0.39 is 0 Å². The standard InChI is InChI=1S/C22H20ClN5O2S/c1-14-6-8-15(9-7-14)21-26-25-20(30-21)13-31-22-27-24-19(28(22)16-10-11-16)12-29-18-5-3-2-4-17(18)23/h2-9,16H,10-13H2,1H3. The van der Waals surface area contributed by atoms with Crippen LogP contribution in [0.15, 0.2) is 58.1 Å². The fourth-order valence-corrected chi connectivity index (χ4v) is 4.21. The normalized spacial score (nSPS) is 13.5. The molecule has 9 heteroatoms. The van der Waals surface area contributed by atoms with Crippen molar-refractivity contribution in [2.75, 3.05) is 0 Å². The second-order valence-electron chi connectivity index (χ2n) is 7.37. The van der Waals surface area contributed by atoms with Crippen LogP contribution in [-0.2, 0) is 12.4 Å². The molecule has 2 aromatic carbocycles. The largest absolute Gasteiger partial charge is 0.484 e. The van der Waals surface area contributed by atoms with Crippen LogP contribution < -0.4 is 4.74 Å². The molecule has 4 aromatic rings. The molecule has 7 nitrogen and oxygen atoms in total. The number of ether oxygens (including phenoxy) is 1. The summed E-state index contributed by atoms with van der Waals surface area (Å²) in [6.45, 7) is 2.36. The van der Waals surface area contributed by atoms with Crippen LogP contribution in [0.1, 0.15) is 36.2 Å². The predicted molar refractivity (Wildman–Crippen MR) is 118 cm³/mol. The maximum absolute atomic E-state index is 6.19. The molecule has 0 aliphatic heterocycles. The molecule has 0 bridgehead atoms. The molecule has 0 N–H and O–H groups in total. The summed E-state index contributed by atoms with van der Waals surface area (Å²) < 4.78 is 13.9. The van der Waals surface area contributed by atoms with Crippen molar-refractivity contribution in [1.82, 2.24) is 25.0 Å². The van der Waals surface area contributed by atoms with Gasteiger partial charge in [-0.15, -0.1) is 20.4 Å². The zero-order valence-electron chi connectivity index (χ0n) is 16.9.